The van der Waals surface area contributed by atoms with Crippen LogP contribution in [-0.2, 0) is 9.36 Å². The molecule has 6 nitrogen and oxygen atoms in total. The maximum atomic E-state index is 9.92. The Morgan fingerprint density at radius 1 is 1.71 bits per heavy atom. The topological polar surface area (TPSA) is 107 Å². The van der Waals surface area contributed by atoms with E-state index in [2.05, 4.69) is 0 Å². The normalized spacial score (nSPS) is 9.50. The first-order valence-corrected chi connectivity index (χ1v) is 6.03. The van der Waals surface area contributed by atoms with Crippen molar-refractivity contribution in [3.63, 3.8) is 0 Å². The van der Waals surface area contributed by atoms with E-state index in [9.17, 15) is 9.36 Å². The number of nitrogens with one attached hydrogen (secondary N) is 1. The van der Waals surface area contributed by atoms with Crippen molar-refractivity contribution in [2.75, 3.05) is 19.8 Å². The molecule has 0 saturated carbocycles. The minimum atomic E-state index is -1.38. The number of hydrogen-bond acceptors (Lipinski definition) is 3. The first-order chi connectivity index (χ1) is 6.31. The summed E-state index contributed by atoms with van der Waals surface area (Å²) >= 11 is 4.97. The van der Waals surface area contributed by atoms with Crippen LogP contribution in [0.5, 0.6) is 0 Å². The highest BCUT2D eigenvalue weighted by molar-refractivity contribution is 7.73. The zero-order valence-corrected chi connectivity index (χ0v) is 9.68. The number of carboxylic acids is 1. The third-order valence-corrected chi connectivity index (χ3v) is 2.25. The van der Waals surface area contributed by atoms with Gasteiger partial charge in [0.2, 0.25) is 11.2 Å². The molecule has 1 unspecified atom stereocenters. The monoisotopic (exact) mass is 242 g/mol. The van der Waals surface area contributed by atoms with Gasteiger partial charge in [-0.3, -0.25) is 10.2 Å². The van der Waals surface area contributed by atoms with Crippen LogP contribution in [0.2, 0.25) is 0 Å². The van der Waals surface area contributed by atoms with Gasteiger partial charge in [-0.05, 0) is 6.92 Å². The number of carbonyl (C=O) groups is 1. The highest BCUT2D eigenvalue weighted by atomic mass is 35.7. The molecule has 0 aromatic rings. The van der Waals surface area contributed by atoms with Crippen LogP contribution in [0.4, 0.5) is 0 Å². The third kappa shape index (κ3) is 13.7. The molecule has 0 bridgehead atoms. The van der Waals surface area contributed by atoms with Crippen LogP contribution in [0.15, 0.2) is 0 Å². The van der Waals surface area contributed by atoms with Gasteiger partial charge in [0.25, 0.3) is 0 Å². The van der Waals surface area contributed by atoms with Gasteiger partial charge in [-0.15, -0.1) is 0 Å². The second-order valence-corrected chi connectivity index (χ2v) is 4.67. The molecule has 0 aromatic carbocycles. The number of rotatable bonds is 3. The zero-order chi connectivity index (χ0) is 11.7. The summed E-state index contributed by atoms with van der Waals surface area (Å²) in [6.07, 6.45) is 0.580. The molecule has 0 amide bonds. The van der Waals surface area contributed by atoms with E-state index in [4.69, 9.17) is 27.5 Å². The van der Waals surface area contributed by atoms with Gasteiger partial charge in [0.15, 0.2) is 12.1 Å². The van der Waals surface area contributed by atoms with Crippen molar-refractivity contribution in [3.8, 4) is 0 Å². The van der Waals surface area contributed by atoms with Crippen molar-refractivity contribution in [3.05, 3.63) is 0 Å². The Morgan fingerprint density at radius 3 is 2.14 bits per heavy atom. The molecule has 4 N–H and O–H groups in total. The lowest BCUT2D eigenvalue weighted by Crippen LogP contribution is -2.36. The van der Waals surface area contributed by atoms with Crippen molar-refractivity contribution >= 4 is 30.3 Å². The first-order valence-electron chi connectivity index (χ1n) is 3.68. The predicted molar refractivity (Wildman–Crippen MR) is 56.2 cm³/mol. The number of nitrogens with zero attached hydrogens (tertiary/aromatic N) is 1. The van der Waals surface area contributed by atoms with Gasteiger partial charge in [0, 0.05) is 7.05 Å². The van der Waals surface area contributed by atoms with Crippen LogP contribution in [0.1, 0.15) is 6.92 Å². The van der Waals surface area contributed by atoms with E-state index < -0.39 is 13.1 Å². The fraction of sp³-hybridized carbons (Fsp3) is 0.667. The largest absolute Gasteiger partial charge is 0.480 e. The molecule has 1 atom stereocenters. The third-order valence-electron chi connectivity index (χ3n) is 1.03. The molecule has 0 aliphatic carbocycles. The van der Waals surface area contributed by atoms with Gasteiger partial charge in [-0.2, -0.15) is 0 Å². The molecule has 0 radical (unpaired) electrons. The van der Waals surface area contributed by atoms with E-state index in [-0.39, 0.29) is 12.5 Å². The quantitative estimate of drug-likeness (QED) is 0.387. The minimum Gasteiger partial charge on any atom is -0.480 e. The molecule has 14 heavy (non-hydrogen) atoms. The standard InChI is InChI=1S/C4H9N3O2.C2H5ClOP/c1-7(4(5)6)2-3(8)9;1-2-5(3)4/h2H2,1H3,(H3,5,6)(H,8,9);2H2,1H3/q;+1. The van der Waals surface area contributed by atoms with Crippen LogP contribution < -0.4 is 5.73 Å². The summed E-state index contributed by atoms with van der Waals surface area (Å²) in [5.41, 5.74) is 4.93. The fourth-order valence-corrected chi connectivity index (χ4v) is 0.288. The molecule has 0 fully saturated rings. The van der Waals surface area contributed by atoms with Gasteiger partial charge in [0.05, 0.1) is 0 Å². The SMILES string of the molecule is CC[P+](=O)Cl.CN(CC(=O)O)C(=N)N. The van der Waals surface area contributed by atoms with E-state index in [0.717, 1.165) is 4.90 Å². The van der Waals surface area contributed by atoms with Crippen LogP contribution in [0.25, 0.3) is 0 Å². The lowest BCUT2D eigenvalue weighted by atomic mass is 10.6. The summed E-state index contributed by atoms with van der Waals surface area (Å²) in [5.74, 6) is -1.23. The van der Waals surface area contributed by atoms with Crippen LogP contribution >= 0.6 is 18.4 Å². The van der Waals surface area contributed by atoms with Crippen molar-refractivity contribution in [1.82, 2.24) is 4.90 Å². The molecule has 0 heterocycles. The zero-order valence-electron chi connectivity index (χ0n) is 8.03. The Hall–Kier alpha value is -0.870. The Labute approximate surface area is 88.1 Å². The smallest absolute Gasteiger partial charge is 0.454 e. The molecule has 0 aliphatic rings. The number of carboxylic acid groups (broad SMARTS) is 1. The lowest BCUT2D eigenvalue weighted by molar-refractivity contribution is -0.137. The van der Waals surface area contributed by atoms with Gasteiger partial charge >= 0.3 is 13.1 Å². The lowest BCUT2D eigenvalue weighted by Gasteiger charge is -2.12. The number of likely N-dealkylation sites (N-methyl/N-ethyl adjacent to an activating group) is 1. The average molecular weight is 243 g/mol. The van der Waals surface area contributed by atoms with Crippen molar-refractivity contribution < 1.29 is 14.5 Å². The predicted octanol–water partition coefficient (Wildman–Crippen LogP) is 0.884. The van der Waals surface area contributed by atoms with E-state index in [1.54, 1.807) is 6.92 Å². The first kappa shape index (κ1) is 15.6. The van der Waals surface area contributed by atoms with Crippen LogP contribution in [0, 0.1) is 5.41 Å². The van der Waals surface area contributed by atoms with Crippen molar-refractivity contribution in [1.29, 1.82) is 5.41 Å². The second-order valence-electron chi connectivity index (χ2n) is 2.27. The Bertz CT molecular complexity index is 224. The summed E-state index contributed by atoms with van der Waals surface area (Å²) < 4.78 is 9.73. The maximum absolute atomic E-state index is 9.92. The summed E-state index contributed by atoms with van der Waals surface area (Å²) in [6, 6.07) is 0. The molecule has 0 rings (SSSR count). The summed E-state index contributed by atoms with van der Waals surface area (Å²) in [7, 11) is 0.0649. The highest BCUT2D eigenvalue weighted by Crippen LogP contribution is 2.23. The van der Waals surface area contributed by atoms with Gasteiger partial charge in [-0.25, -0.2) is 0 Å². The molecular formula is C6H14ClN3O3P+. The number of aliphatic carboxylic acids is 1. The maximum Gasteiger partial charge on any atom is 0.454 e. The van der Waals surface area contributed by atoms with Gasteiger partial charge in [0.1, 0.15) is 6.54 Å². The second kappa shape index (κ2) is 8.72. The molecule has 82 valence electrons. The van der Waals surface area contributed by atoms with Crippen molar-refractivity contribution in [2.24, 2.45) is 5.73 Å². The Balaban J connectivity index is 0. The molecule has 0 aliphatic heterocycles. The molecular weight excluding hydrogens is 229 g/mol. The van der Waals surface area contributed by atoms with Crippen LogP contribution in [-0.4, -0.2) is 41.7 Å². The molecule has 8 heteroatoms. The summed E-state index contributed by atoms with van der Waals surface area (Å²) in [5, 5.41) is 14.9. The fourth-order valence-electron chi connectivity index (χ4n) is 0.288. The van der Waals surface area contributed by atoms with E-state index >= 15 is 0 Å². The molecule has 0 saturated heterocycles. The minimum absolute atomic E-state index is 0.227. The van der Waals surface area contributed by atoms with Gasteiger partial charge < -0.3 is 15.7 Å². The summed E-state index contributed by atoms with van der Waals surface area (Å²) in [4.78, 5) is 11.0. The van der Waals surface area contributed by atoms with E-state index in [0.29, 0.717) is 6.16 Å². The van der Waals surface area contributed by atoms with E-state index in [1.807, 2.05) is 0 Å². The average Bonchev–Trinajstić information content (AvgIpc) is 2.04. The number of nitrogens with two attached hydrogens (primary N) is 1. The van der Waals surface area contributed by atoms with E-state index in [1.165, 1.54) is 7.05 Å². The van der Waals surface area contributed by atoms with Crippen molar-refractivity contribution in [2.45, 2.75) is 6.92 Å². The number of halogens is 1. The summed E-state index contributed by atoms with van der Waals surface area (Å²) in [6.45, 7) is 1.56. The Kier molecular flexibility index (Phi) is 9.71. The molecule has 0 aromatic heterocycles. The number of guanidine groups is 1. The van der Waals surface area contributed by atoms with Gasteiger partial charge in [-0.1, -0.05) is 4.57 Å². The number of hydrogen-bond donors (Lipinski definition) is 3. The highest BCUT2D eigenvalue weighted by Gasteiger charge is 2.03. The molecule has 0 spiro atoms. The Morgan fingerprint density at radius 2 is 2.07 bits per heavy atom. The van der Waals surface area contributed by atoms with Crippen LogP contribution in [0.3, 0.4) is 0 Å².